The number of halogens is 1. The average Bonchev–Trinajstić information content (AvgIpc) is 2.73. The van der Waals surface area contributed by atoms with Crippen LogP contribution in [0.4, 0.5) is 11.5 Å². The largest absolute Gasteiger partial charge is 0.393 e. The summed E-state index contributed by atoms with van der Waals surface area (Å²) in [5.74, 6) is 0.533. The SMILES string of the molecule is Nc1c(Cl)ncnc1NCc1nccs1. The Morgan fingerprint density at radius 3 is 3.00 bits per heavy atom. The molecular weight excluding hydrogens is 234 g/mol. The molecule has 0 atom stereocenters. The average molecular weight is 242 g/mol. The number of nitrogens with one attached hydrogen (secondary N) is 1. The van der Waals surface area contributed by atoms with E-state index in [0.717, 1.165) is 5.01 Å². The second-order valence-electron chi connectivity index (χ2n) is 2.71. The van der Waals surface area contributed by atoms with Crippen molar-refractivity contribution in [2.45, 2.75) is 6.54 Å². The highest BCUT2D eigenvalue weighted by Gasteiger charge is 2.05. The first-order valence-corrected chi connectivity index (χ1v) is 5.41. The zero-order chi connectivity index (χ0) is 10.7. The fourth-order valence-corrected chi connectivity index (χ4v) is 1.70. The second kappa shape index (κ2) is 4.41. The highest BCUT2D eigenvalue weighted by atomic mass is 35.5. The molecule has 2 aromatic rings. The van der Waals surface area contributed by atoms with Gasteiger partial charge in [-0.1, -0.05) is 11.6 Å². The number of anilines is 2. The van der Waals surface area contributed by atoms with Gasteiger partial charge in [0, 0.05) is 11.6 Å². The van der Waals surface area contributed by atoms with Crippen molar-refractivity contribution in [3.63, 3.8) is 0 Å². The van der Waals surface area contributed by atoms with Crippen molar-refractivity contribution < 1.29 is 0 Å². The maximum absolute atomic E-state index is 5.75. The molecular formula is C8H8ClN5S. The highest BCUT2D eigenvalue weighted by Crippen LogP contribution is 2.22. The molecule has 0 aliphatic carbocycles. The Bertz CT molecular complexity index is 444. The molecule has 0 radical (unpaired) electrons. The fourth-order valence-electron chi connectivity index (χ4n) is 1.01. The summed E-state index contributed by atoms with van der Waals surface area (Å²) in [6.07, 6.45) is 3.11. The van der Waals surface area contributed by atoms with Crippen molar-refractivity contribution in [3.8, 4) is 0 Å². The molecule has 0 aliphatic rings. The second-order valence-corrected chi connectivity index (χ2v) is 4.04. The molecule has 0 amide bonds. The van der Waals surface area contributed by atoms with Gasteiger partial charge in [0.2, 0.25) is 0 Å². The third-order valence-electron chi connectivity index (χ3n) is 1.73. The summed E-state index contributed by atoms with van der Waals surface area (Å²) in [5, 5.41) is 6.17. The van der Waals surface area contributed by atoms with Gasteiger partial charge in [0.15, 0.2) is 11.0 Å². The molecule has 7 heteroatoms. The summed E-state index contributed by atoms with van der Waals surface area (Å²) in [6.45, 7) is 0.579. The van der Waals surface area contributed by atoms with Crippen molar-refractivity contribution in [3.05, 3.63) is 28.1 Å². The van der Waals surface area contributed by atoms with Crippen molar-refractivity contribution in [1.29, 1.82) is 0 Å². The van der Waals surface area contributed by atoms with E-state index in [2.05, 4.69) is 20.3 Å². The number of nitrogens with zero attached hydrogens (tertiary/aromatic N) is 3. The third kappa shape index (κ3) is 2.34. The van der Waals surface area contributed by atoms with Crippen LogP contribution in [0.15, 0.2) is 17.9 Å². The molecule has 5 nitrogen and oxygen atoms in total. The number of rotatable bonds is 3. The van der Waals surface area contributed by atoms with Crippen LogP contribution >= 0.6 is 22.9 Å². The zero-order valence-electron chi connectivity index (χ0n) is 7.64. The normalized spacial score (nSPS) is 10.2. The Kier molecular flexibility index (Phi) is 2.98. The molecule has 15 heavy (non-hydrogen) atoms. The molecule has 0 aliphatic heterocycles. The summed E-state index contributed by atoms with van der Waals surface area (Å²) < 4.78 is 0. The monoisotopic (exact) mass is 241 g/mol. The molecule has 0 fully saturated rings. The van der Waals surface area contributed by atoms with Crippen LogP contribution in [0.1, 0.15) is 5.01 Å². The van der Waals surface area contributed by atoms with Gasteiger partial charge in [-0.05, 0) is 0 Å². The molecule has 0 saturated heterocycles. The number of aromatic nitrogens is 3. The van der Waals surface area contributed by atoms with Gasteiger partial charge in [-0.3, -0.25) is 0 Å². The minimum atomic E-state index is 0.256. The molecule has 0 bridgehead atoms. The van der Waals surface area contributed by atoms with E-state index in [9.17, 15) is 0 Å². The van der Waals surface area contributed by atoms with Crippen LogP contribution in [0, 0.1) is 0 Å². The van der Waals surface area contributed by atoms with Crippen molar-refractivity contribution in [1.82, 2.24) is 15.0 Å². The van der Waals surface area contributed by atoms with Gasteiger partial charge in [-0.15, -0.1) is 11.3 Å². The van der Waals surface area contributed by atoms with E-state index in [1.165, 1.54) is 6.33 Å². The molecule has 3 N–H and O–H groups in total. The van der Waals surface area contributed by atoms with Crippen LogP contribution in [-0.4, -0.2) is 15.0 Å². The molecule has 0 unspecified atom stereocenters. The molecule has 78 valence electrons. The lowest BCUT2D eigenvalue weighted by molar-refractivity contribution is 1.06. The van der Waals surface area contributed by atoms with Crippen molar-refractivity contribution in [2.24, 2.45) is 0 Å². The van der Waals surface area contributed by atoms with E-state index < -0.39 is 0 Å². The summed E-state index contributed by atoms with van der Waals surface area (Å²) in [4.78, 5) is 11.9. The molecule has 0 saturated carbocycles. The summed E-state index contributed by atoms with van der Waals surface area (Å²) in [6, 6.07) is 0. The summed E-state index contributed by atoms with van der Waals surface area (Å²) in [5.41, 5.74) is 6.04. The maximum atomic E-state index is 5.75. The van der Waals surface area contributed by atoms with Gasteiger partial charge >= 0.3 is 0 Å². The Hall–Kier alpha value is -1.40. The van der Waals surface area contributed by atoms with Gasteiger partial charge in [0.1, 0.15) is 17.0 Å². The predicted octanol–water partition coefficient (Wildman–Crippen LogP) is 1.78. The Morgan fingerprint density at radius 2 is 2.27 bits per heavy atom. The Morgan fingerprint density at radius 1 is 1.40 bits per heavy atom. The number of hydrogen-bond acceptors (Lipinski definition) is 6. The first kappa shape index (κ1) is 10.1. The lowest BCUT2D eigenvalue weighted by Crippen LogP contribution is -2.05. The van der Waals surface area contributed by atoms with E-state index in [-0.39, 0.29) is 5.15 Å². The molecule has 0 spiro atoms. The van der Waals surface area contributed by atoms with E-state index in [0.29, 0.717) is 18.1 Å². The molecule has 2 rings (SSSR count). The van der Waals surface area contributed by atoms with Crippen LogP contribution in [-0.2, 0) is 6.54 Å². The molecule has 0 aromatic carbocycles. The van der Waals surface area contributed by atoms with Crippen molar-refractivity contribution in [2.75, 3.05) is 11.1 Å². The Labute approximate surface area is 95.3 Å². The van der Waals surface area contributed by atoms with Crippen LogP contribution < -0.4 is 11.1 Å². The van der Waals surface area contributed by atoms with E-state index in [1.54, 1.807) is 17.5 Å². The first-order valence-electron chi connectivity index (χ1n) is 4.15. The van der Waals surface area contributed by atoms with Gasteiger partial charge in [-0.2, -0.15) is 0 Å². The Balaban J connectivity index is 2.08. The summed E-state index contributed by atoms with van der Waals surface area (Å²) in [7, 11) is 0. The van der Waals surface area contributed by atoms with E-state index in [1.807, 2.05) is 5.38 Å². The van der Waals surface area contributed by atoms with Crippen molar-refractivity contribution >= 4 is 34.4 Å². The third-order valence-corrected chi connectivity index (χ3v) is 2.81. The summed E-state index contributed by atoms with van der Waals surface area (Å²) >= 11 is 7.31. The number of hydrogen-bond donors (Lipinski definition) is 2. The number of nitrogen functional groups attached to an aromatic ring is 1. The first-order chi connectivity index (χ1) is 7.27. The van der Waals surface area contributed by atoms with Crippen LogP contribution in [0.5, 0.6) is 0 Å². The van der Waals surface area contributed by atoms with Gasteiger partial charge in [0.25, 0.3) is 0 Å². The lowest BCUT2D eigenvalue weighted by Gasteiger charge is -2.06. The van der Waals surface area contributed by atoms with E-state index in [4.69, 9.17) is 17.3 Å². The van der Waals surface area contributed by atoms with Crippen LogP contribution in [0.25, 0.3) is 0 Å². The predicted molar refractivity (Wildman–Crippen MR) is 60.9 cm³/mol. The van der Waals surface area contributed by atoms with Gasteiger partial charge in [-0.25, -0.2) is 15.0 Å². The topological polar surface area (TPSA) is 76.7 Å². The standard InChI is InChI=1S/C8H8ClN5S/c9-7-6(10)8(14-4-13-7)12-3-5-11-1-2-15-5/h1-2,4H,3,10H2,(H,12,13,14). The number of nitrogens with two attached hydrogens (primary N) is 1. The van der Waals surface area contributed by atoms with Crippen LogP contribution in [0.2, 0.25) is 5.15 Å². The molecule has 2 aromatic heterocycles. The maximum Gasteiger partial charge on any atom is 0.157 e. The fraction of sp³-hybridized carbons (Fsp3) is 0.125. The number of thiazole rings is 1. The molecule has 2 heterocycles. The smallest absolute Gasteiger partial charge is 0.157 e. The van der Waals surface area contributed by atoms with E-state index >= 15 is 0 Å². The van der Waals surface area contributed by atoms with Gasteiger partial charge in [0.05, 0.1) is 6.54 Å². The van der Waals surface area contributed by atoms with Gasteiger partial charge < -0.3 is 11.1 Å². The zero-order valence-corrected chi connectivity index (χ0v) is 9.22. The quantitative estimate of drug-likeness (QED) is 0.801. The minimum absolute atomic E-state index is 0.256. The lowest BCUT2D eigenvalue weighted by atomic mass is 10.5. The van der Waals surface area contributed by atoms with Crippen LogP contribution in [0.3, 0.4) is 0 Å². The highest BCUT2D eigenvalue weighted by molar-refractivity contribution is 7.09. The minimum Gasteiger partial charge on any atom is -0.393 e.